The number of phenols is 1. The van der Waals surface area contributed by atoms with Crippen molar-refractivity contribution in [2.75, 3.05) is 13.1 Å². The van der Waals surface area contributed by atoms with Gasteiger partial charge >= 0.3 is 0 Å². The lowest BCUT2D eigenvalue weighted by molar-refractivity contribution is -0.118. The molecule has 0 aliphatic heterocycles. The second-order valence-corrected chi connectivity index (χ2v) is 4.87. The van der Waals surface area contributed by atoms with Crippen molar-refractivity contribution in [2.45, 2.75) is 13.0 Å². The van der Waals surface area contributed by atoms with Crippen molar-refractivity contribution in [3.8, 4) is 5.75 Å². The van der Waals surface area contributed by atoms with Crippen LogP contribution in [0.3, 0.4) is 0 Å². The molecule has 1 atom stereocenters. The highest BCUT2D eigenvalue weighted by atomic mass is 16.3. The monoisotopic (exact) mass is 284 g/mol. The number of carbonyl (C=O) groups is 1. The Morgan fingerprint density at radius 1 is 1.00 bits per heavy atom. The summed E-state index contributed by atoms with van der Waals surface area (Å²) in [5, 5.41) is 15.6. The molecule has 4 nitrogen and oxygen atoms in total. The summed E-state index contributed by atoms with van der Waals surface area (Å²) in [6.45, 7) is 2.76. The summed E-state index contributed by atoms with van der Waals surface area (Å²) in [4.78, 5) is 10.9. The smallest absolute Gasteiger partial charge is 0.216 e. The molecule has 3 N–H and O–H groups in total. The third-order valence-corrected chi connectivity index (χ3v) is 3.21. The minimum Gasteiger partial charge on any atom is -0.508 e. The molecule has 2 aromatic carbocycles. The first-order valence-corrected chi connectivity index (χ1v) is 6.98. The van der Waals surface area contributed by atoms with Gasteiger partial charge in [-0.1, -0.05) is 42.5 Å². The molecule has 0 saturated carbocycles. The van der Waals surface area contributed by atoms with Gasteiger partial charge in [0.1, 0.15) is 5.75 Å². The maximum absolute atomic E-state index is 10.9. The number of hydrogen-bond acceptors (Lipinski definition) is 3. The summed E-state index contributed by atoms with van der Waals surface area (Å²) in [5.74, 6) is 0.224. The predicted octanol–water partition coefficient (Wildman–Crippen LogP) is 2.21. The van der Waals surface area contributed by atoms with Crippen molar-refractivity contribution in [2.24, 2.45) is 0 Å². The number of rotatable bonds is 6. The van der Waals surface area contributed by atoms with E-state index in [1.54, 1.807) is 12.1 Å². The number of hydrogen-bond donors (Lipinski definition) is 3. The van der Waals surface area contributed by atoms with Gasteiger partial charge in [0, 0.05) is 20.0 Å². The van der Waals surface area contributed by atoms with E-state index in [1.807, 2.05) is 30.3 Å². The van der Waals surface area contributed by atoms with Crippen LogP contribution in [0, 0.1) is 0 Å². The summed E-state index contributed by atoms with van der Waals surface area (Å²) in [5.41, 5.74) is 2.22. The van der Waals surface area contributed by atoms with Crippen molar-refractivity contribution in [1.82, 2.24) is 10.6 Å². The Labute approximate surface area is 124 Å². The van der Waals surface area contributed by atoms with E-state index in [2.05, 4.69) is 22.8 Å². The number of nitrogens with one attached hydrogen (secondary N) is 2. The quantitative estimate of drug-likeness (QED) is 0.713. The van der Waals surface area contributed by atoms with Crippen LogP contribution in [0.4, 0.5) is 0 Å². The van der Waals surface area contributed by atoms with E-state index >= 15 is 0 Å². The predicted molar refractivity (Wildman–Crippen MR) is 83.1 cm³/mol. The molecule has 2 aromatic rings. The second kappa shape index (κ2) is 7.45. The van der Waals surface area contributed by atoms with Gasteiger partial charge in [0.15, 0.2) is 0 Å². The first-order chi connectivity index (χ1) is 10.2. The fourth-order valence-electron chi connectivity index (χ4n) is 2.20. The average molecular weight is 284 g/mol. The van der Waals surface area contributed by atoms with E-state index in [0.717, 1.165) is 11.1 Å². The molecule has 0 aliphatic carbocycles. The minimum atomic E-state index is -0.0299. The van der Waals surface area contributed by atoms with E-state index in [0.29, 0.717) is 13.1 Å². The van der Waals surface area contributed by atoms with Gasteiger partial charge in [0.2, 0.25) is 5.91 Å². The van der Waals surface area contributed by atoms with E-state index in [1.165, 1.54) is 6.92 Å². The Kier molecular flexibility index (Phi) is 5.35. The van der Waals surface area contributed by atoms with Crippen LogP contribution in [-0.4, -0.2) is 24.1 Å². The van der Waals surface area contributed by atoms with Gasteiger partial charge in [-0.3, -0.25) is 4.79 Å². The van der Waals surface area contributed by atoms with Crippen molar-refractivity contribution >= 4 is 5.91 Å². The van der Waals surface area contributed by atoms with Crippen LogP contribution < -0.4 is 10.6 Å². The Bertz CT molecular complexity index is 567. The van der Waals surface area contributed by atoms with Gasteiger partial charge in [-0.25, -0.2) is 0 Å². The Hall–Kier alpha value is -2.33. The first-order valence-electron chi connectivity index (χ1n) is 6.98. The molecule has 0 spiro atoms. The maximum Gasteiger partial charge on any atom is 0.216 e. The SMILES string of the molecule is CC(=O)NCCNC(c1ccccc1)c1ccc(O)cc1. The highest BCUT2D eigenvalue weighted by Gasteiger charge is 2.12. The fourth-order valence-corrected chi connectivity index (χ4v) is 2.20. The van der Waals surface area contributed by atoms with Crippen molar-refractivity contribution in [1.29, 1.82) is 0 Å². The van der Waals surface area contributed by atoms with Crippen molar-refractivity contribution in [3.05, 3.63) is 65.7 Å². The average Bonchev–Trinajstić information content (AvgIpc) is 2.49. The molecule has 0 saturated heterocycles. The normalized spacial score (nSPS) is 11.9. The number of benzene rings is 2. The lowest BCUT2D eigenvalue weighted by Crippen LogP contribution is -2.32. The number of amides is 1. The summed E-state index contributed by atoms with van der Waals surface area (Å²) in [7, 11) is 0. The summed E-state index contributed by atoms with van der Waals surface area (Å²) < 4.78 is 0. The molecule has 1 unspecified atom stereocenters. The minimum absolute atomic E-state index is 0.0283. The van der Waals surface area contributed by atoms with Crippen LogP contribution >= 0.6 is 0 Å². The number of carbonyl (C=O) groups excluding carboxylic acids is 1. The van der Waals surface area contributed by atoms with E-state index in [9.17, 15) is 9.90 Å². The second-order valence-electron chi connectivity index (χ2n) is 4.87. The zero-order chi connectivity index (χ0) is 15.1. The summed E-state index contributed by atoms with van der Waals surface area (Å²) in [6.07, 6.45) is 0. The molecule has 0 radical (unpaired) electrons. The van der Waals surface area contributed by atoms with Crippen LogP contribution in [0.2, 0.25) is 0 Å². The molecule has 2 rings (SSSR count). The number of aromatic hydroxyl groups is 1. The molecule has 110 valence electrons. The third kappa shape index (κ3) is 4.61. The van der Waals surface area contributed by atoms with Crippen LogP contribution in [0.15, 0.2) is 54.6 Å². The molecular formula is C17H20N2O2. The van der Waals surface area contributed by atoms with E-state index in [4.69, 9.17) is 0 Å². The van der Waals surface area contributed by atoms with Crippen molar-refractivity contribution < 1.29 is 9.90 Å². The molecule has 0 aliphatic rings. The fraction of sp³-hybridized carbons (Fsp3) is 0.235. The van der Waals surface area contributed by atoms with Gasteiger partial charge in [0.25, 0.3) is 0 Å². The standard InChI is InChI=1S/C17H20N2O2/c1-13(20)18-11-12-19-17(14-5-3-2-4-6-14)15-7-9-16(21)10-8-15/h2-10,17,19,21H,11-12H2,1H3,(H,18,20). The molecule has 0 aromatic heterocycles. The molecule has 1 amide bonds. The zero-order valence-electron chi connectivity index (χ0n) is 12.0. The Morgan fingerprint density at radius 3 is 2.24 bits per heavy atom. The van der Waals surface area contributed by atoms with Gasteiger partial charge in [-0.15, -0.1) is 0 Å². The largest absolute Gasteiger partial charge is 0.508 e. The molecule has 0 heterocycles. The maximum atomic E-state index is 10.9. The molecule has 0 bridgehead atoms. The van der Waals surface area contributed by atoms with E-state index in [-0.39, 0.29) is 17.7 Å². The van der Waals surface area contributed by atoms with Crippen molar-refractivity contribution in [3.63, 3.8) is 0 Å². The Balaban J connectivity index is 2.11. The van der Waals surface area contributed by atoms with Crippen LogP contribution in [0.5, 0.6) is 5.75 Å². The first kappa shape index (κ1) is 15.1. The molecule has 0 fully saturated rings. The van der Waals surface area contributed by atoms with E-state index < -0.39 is 0 Å². The van der Waals surface area contributed by atoms with Crippen LogP contribution in [0.1, 0.15) is 24.1 Å². The topological polar surface area (TPSA) is 61.4 Å². The highest BCUT2D eigenvalue weighted by molar-refractivity contribution is 5.72. The van der Waals surface area contributed by atoms with Crippen LogP contribution in [0.25, 0.3) is 0 Å². The van der Waals surface area contributed by atoms with Gasteiger partial charge in [-0.05, 0) is 23.3 Å². The number of phenolic OH excluding ortho intramolecular Hbond substituents is 1. The molecular weight excluding hydrogens is 264 g/mol. The summed E-state index contributed by atoms with van der Waals surface area (Å²) >= 11 is 0. The zero-order valence-corrected chi connectivity index (χ0v) is 12.0. The van der Waals surface area contributed by atoms with Gasteiger partial charge in [0.05, 0.1) is 6.04 Å². The molecule has 4 heteroatoms. The Morgan fingerprint density at radius 2 is 1.62 bits per heavy atom. The highest BCUT2D eigenvalue weighted by Crippen LogP contribution is 2.23. The van der Waals surface area contributed by atoms with Crippen LogP contribution in [-0.2, 0) is 4.79 Å². The van der Waals surface area contributed by atoms with Gasteiger partial charge in [-0.2, -0.15) is 0 Å². The lowest BCUT2D eigenvalue weighted by Gasteiger charge is -2.20. The van der Waals surface area contributed by atoms with Gasteiger partial charge < -0.3 is 15.7 Å². The third-order valence-electron chi connectivity index (χ3n) is 3.21. The summed E-state index contributed by atoms with van der Waals surface area (Å²) in [6, 6.07) is 17.3. The lowest BCUT2D eigenvalue weighted by atomic mass is 9.98. The molecule has 21 heavy (non-hydrogen) atoms.